The van der Waals surface area contributed by atoms with E-state index >= 15 is 0 Å². The third-order valence-electron chi connectivity index (χ3n) is 7.26. The Balaban J connectivity index is 1.90. The first-order valence-corrected chi connectivity index (χ1v) is 9.21. The number of carbonyl (C=O) groups is 1. The molecule has 2 bridgehead atoms. The second-order valence-electron chi connectivity index (χ2n) is 9.09. The van der Waals surface area contributed by atoms with Gasteiger partial charge in [-0.2, -0.15) is 0 Å². The van der Waals surface area contributed by atoms with Crippen LogP contribution in [0, 0.1) is 16.7 Å². The van der Waals surface area contributed by atoms with Crippen LogP contribution in [0.1, 0.15) is 79.1 Å². The molecule has 2 aliphatic heterocycles. The molecule has 1 N–H and O–H groups in total. The first-order chi connectivity index (χ1) is 10.6. The van der Waals surface area contributed by atoms with Crippen LogP contribution in [0.4, 0.5) is 0 Å². The molecular formula is C20H32O3. The zero-order chi connectivity index (χ0) is 17.1. The zero-order valence-corrected chi connectivity index (χ0v) is 15.2. The summed E-state index contributed by atoms with van der Waals surface area (Å²) in [5.74, 6) is -0.772. The lowest BCUT2D eigenvalue weighted by atomic mass is 9.58. The van der Waals surface area contributed by atoms with E-state index in [1.54, 1.807) is 0 Å². The van der Waals surface area contributed by atoms with Gasteiger partial charge in [0.15, 0.2) is 5.79 Å². The van der Waals surface area contributed by atoms with Gasteiger partial charge in [0.2, 0.25) is 0 Å². The van der Waals surface area contributed by atoms with Crippen molar-refractivity contribution in [2.24, 2.45) is 16.7 Å². The van der Waals surface area contributed by atoms with Crippen LogP contribution in [0.5, 0.6) is 0 Å². The minimum absolute atomic E-state index is 0.0583. The van der Waals surface area contributed by atoms with Crippen molar-refractivity contribution < 1.29 is 14.6 Å². The number of fused-ring (bicyclic) bond motifs is 1. The molecule has 0 aromatic heterocycles. The van der Waals surface area contributed by atoms with Gasteiger partial charge < -0.3 is 9.84 Å². The lowest BCUT2D eigenvalue weighted by molar-refractivity contribution is -0.303. The fourth-order valence-electron chi connectivity index (χ4n) is 5.29. The highest BCUT2D eigenvalue weighted by atomic mass is 16.7. The summed E-state index contributed by atoms with van der Waals surface area (Å²) in [4.78, 5) is 12.1. The third kappa shape index (κ3) is 2.26. The van der Waals surface area contributed by atoms with Crippen LogP contribution in [0.2, 0.25) is 0 Å². The Hall–Kier alpha value is -0.670. The van der Waals surface area contributed by atoms with Crippen molar-refractivity contribution in [2.75, 3.05) is 0 Å². The molecule has 0 radical (unpaired) electrons. The molecule has 3 rings (SSSR count). The van der Waals surface area contributed by atoms with Crippen LogP contribution in [0.3, 0.4) is 0 Å². The van der Waals surface area contributed by atoms with E-state index in [9.17, 15) is 9.90 Å². The number of hydrogen-bond acceptors (Lipinski definition) is 3. The SMILES string of the molecule is C=C1CCC[C@@]2(C)CC[C@@]3(O)O[C@]12C[C@@]3(C)CCC(=O)C(C)C. The van der Waals surface area contributed by atoms with Gasteiger partial charge in [-0.1, -0.05) is 34.3 Å². The van der Waals surface area contributed by atoms with Gasteiger partial charge in [-0.3, -0.25) is 4.79 Å². The monoisotopic (exact) mass is 320 g/mol. The van der Waals surface area contributed by atoms with Gasteiger partial charge in [0.05, 0.1) is 5.60 Å². The Bertz CT molecular complexity index is 539. The van der Waals surface area contributed by atoms with Crippen LogP contribution in [-0.4, -0.2) is 22.3 Å². The highest BCUT2D eigenvalue weighted by molar-refractivity contribution is 5.80. The smallest absolute Gasteiger partial charge is 0.172 e. The van der Waals surface area contributed by atoms with Crippen molar-refractivity contribution >= 4 is 5.78 Å². The van der Waals surface area contributed by atoms with E-state index in [2.05, 4.69) is 20.4 Å². The van der Waals surface area contributed by atoms with Gasteiger partial charge in [0.1, 0.15) is 5.78 Å². The summed E-state index contributed by atoms with van der Waals surface area (Å²) < 4.78 is 6.44. The number of hydrogen-bond donors (Lipinski definition) is 1. The molecule has 0 unspecified atom stereocenters. The van der Waals surface area contributed by atoms with Crippen LogP contribution in [0.15, 0.2) is 12.2 Å². The molecule has 4 atom stereocenters. The Morgan fingerprint density at radius 2 is 2.00 bits per heavy atom. The maximum atomic E-state index is 12.1. The average molecular weight is 320 g/mol. The Morgan fingerprint density at radius 1 is 1.30 bits per heavy atom. The molecule has 23 heavy (non-hydrogen) atoms. The molecule has 2 heterocycles. The van der Waals surface area contributed by atoms with Crippen LogP contribution in [-0.2, 0) is 9.53 Å². The van der Waals surface area contributed by atoms with Crippen LogP contribution < -0.4 is 0 Å². The number of rotatable bonds is 4. The van der Waals surface area contributed by atoms with Crippen molar-refractivity contribution in [2.45, 2.75) is 90.4 Å². The predicted octanol–water partition coefficient (Wildman–Crippen LogP) is 4.39. The normalized spacial score (nSPS) is 46.1. The van der Waals surface area contributed by atoms with E-state index in [0.29, 0.717) is 19.3 Å². The van der Waals surface area contributed by atoms with E-state index in [1.165, 1.54) is 6.42 Å². The van der Waals surface area contributed by atoms with Crippen molar-refractivity contribution in [3.8, 4) is 0 Å². The second kappa shape index (κ2) is 5.16. The molecule has 3 nitrogen and oxygen atoms in total. The molecule has 1 saturated carbocycles. The molecule has 3 aliphatic rings. The maximum absolute atomic E-state index is 12.1. The summed E-state index contributed by atoms with van der Waals surface area (Å²) in [6.45, 7) is 12.6. The van der Waals surface area contributed by atoms with Gasteiger partial charge in [-0.15, -0.1) is 0 Å². The van der Waals surface area contributed by atoms with Crippen molar-refractivity contribution in [1.29, 1.82) is 0 Å². The maximum Gasteiger partial charge on any atom is 0.172 e. The van der Waals surface area contributed by atoms with Crippen LogP contribution >= 0.6 is 0 Å². The topological polar surface area (TPSA) is 46.5 Å². The molecule has 130 valence electrons. The molecule has 3 fully saturated rings. The minimum Gasteiger partial charge on any atom is -0.365 e. The van der Waals surface area contributed by atoms with Gasteiger partial charge >= 0.3 is 0 Å². The lowest BCUT2D eigenvalue weighted by Crippen LogP contribution is -2.56. The summed E-state index contributed by atoms with van der Waals surface area (Å²) >= 11 is 0. The van der Waals surface area contributed by atoms with E-state index in [0.717, 1.165) is 31.3 Å². The summed E-state index contributed by atoms with van der Waals surface area (Å²) in [5, 5.41) is 11.3. The summed E-state index contributed by atoms with van der Waals surface area (Å²) in [5.41, 5.74) is 0.473. The van der Waals surface area contributed by atoms with E-state index in [4.69, 9.17) is 4.74 Å². The van der Waals surface area contributed by atoms with Crippen molar-refractivity contribution in [3.05, 3.63) is 12.2 Å². The lowest BCUT2D eigenvalue weighted by Gasteiger charge is -2.55. The van der Waals surface area contributed by atoms with E-state index in [1.807, 2.05) is 13.8 Å². The van der Waals surface area contributed by atoms with Crippen LogP contribution in [0.25, 0.3) is 0 Å². The average Bonchev–Trinajstić information content (AvgIpc) is 2.68. The molecular weight excluding hydrogens is 288 g/mol. The Labute approximate surface area is 140 Å². The quantitative estimate of drug-likeness (QED) is 0.782. The summed E-state index contributed by atoms with van der Waals surface area (Å²) in [6, 6.07) is 0. The fourth-order valence-corrected chi connectivity index (χ4v) is 5.29. The highest BCUT2D eigenvalue weighted by Gasteiger charge is 2.71. The van der Waals surface area contributed by atoms with Gasteiger partial charge in [0, 0.05) is 29.6 Å². The standard InChI is InChI=1S/C20H32O3/c1-14(2)16(21)8-10-18(5)13-19-15(3)7-6-9-17(19,4)11-12-20(18,22)23-19/h14,22H,3,6-13H2,1-2,4-5H3/t17-,18+,19+,20+/m0/s1. The summed E-state index contributed by atoms with van der Waals surface area (Å²) in [7, 11) is 0. The Morgan fingerprint density at radius 3 is 2.65 bits per heavy atom. The third-order valence-corrected chi connectivity index (χ3v) is 7.26. The van der Waals surface area contributed by atoms with E-state index in [-0.39, 0.29) is 22.5 Å². The zero-order valence-electron chi connectivity index (χ0n) is 15.2. The largest absolute Gasteiger partial charge is 0.365 e. The molecule has 0 amide bonds. The number of Topliss-reactive ketones (excluding diaryl/α,β-unsaturated/α-hetero) is 1. The number of aliphatic hydroxyl groups is 1. The van der Waals surface area contributed by atoms with E-state index < -0.39 is 11.4 Å². The molecule has 1 spiro atoms. The molecule has 1 aliphatic carbocycles. The minimum atomic E-state index is -1.11. The first-order valence-electron chi connectivity index (χ1n) is 9.21. The molecule has 0 aromatic rings. The van der Waals surface area contributed by atoms with Gasteiger partial charge in [-0.05, 0) is 44.1 Å². The fraction of sp³-hybridized carbons (Fsp3) is 0.850. The molecule has 3 heteroatoms. The summed E-state index contributed by atoms with van der Waals surface area (Å²) in [6.07, 6.45) is 6.99. The predicted molar refractivity (Wildman–Crippen MR) is 90.9 cm³/mol. The first kappa shape index (κ1) is 17.2. The van der Waals surface area contributed by atoms with Crippen molar-refractivity contribution in [3.63, 3.8) is 0 Å². The Kier molecular flexibility index (Phi) is 3.85. The molecule has 2 saturated heterocycles. The molecule has 0 aromatic carbocycles. The number of ketones is 1. The van der Waals surface area contributed by atoms with Gasteiger partial charge in [0.25, 0.3) is 0 Å². The van der Waals surface area contributed by atoms with Gasteiger partial charge in [-0.25, -0.2) is 0 Å². The van der Waals surface area contributed by atoms with Crippen molar-refractivity contribution in [1.82, 2.24) is 0 Å². The number of carbonyl (C=O) groups excluding carboxylic acids is 1. The number of ether oxygens (including phenoxy) is 1. The highest BCUT2D eigenvalue weighted by Crippen LogP contribution is 2.69. The second-order valence-corrected chi connectivity index (χ2v) is 9.09.